The molecule has 17 rings (SSSR count). The normalized spacial score (nSPS) is 13.3. The van der Waals surface area contributed by atoms with Crippen LogP contribution in [-0.2, 0) is 27.1 Å². The number of fused-ring (bicyclic) bond motifs is 10. The number of hydrogen-bond donors (Lipinski definition) is 0. The number of hydrogen-bond acceptors (Lipinski definition) is 4. The SMILES string of the molecule is CC(C)(C)c1cc2c3c(c1)N(c1c(-c4ccccc4)cncc1-c1ccccc1)c1cc(-n4c5cc(C(C)(C)C)ccc5c5ccc(C(C)(C)C)cc54)ccc1B3c1ccc(-n3c4cc(C(C)(C)C)ccc4c4ccc(C(C)(C)C)cc43)cc1N2c1c(-c2ccccc2)cncc1-c1ccccc1. The minimum Gasteiger partial charge on any atom is -0.310 e. The molecule has 0 bridgehead atoms. The zero-order valence-electron chi connectivity index (χ0n) is 62.2. The molecule has 0 atom stereocenters. The number of aromatic nitrogens is 4. The van der Waals surface area contributed by atoms with Gasteiger partial charge in [0.15, 0.2) is 0 Å². The molecule has 6 heterocycles. The summed E-state index contributed by atoms with van der Waals surface area (Å²) in [5.41, 5.74) is 31.3. The molecule has 0 aliphatic carbocycles. The molecule has 15 aromatic rings. The van der Waals surface area contributed by atoms with Crippen molar-refractivity contribution < 1.29 is 0 Å². The first-order valence-corrected chi connectivity index (χ1v) is 36.7. The van der Waals surface area contributed by atoms with E-state index in [2.05, 4.69) is 390 Å². The quantitative estimate of drug-likeness (QED) is 0.142. The summed E-state index contributed by atoms with van der Waals surface area (Å²) < 4.78 is 5.15. The molecule has 6 nitrogen and oxygen atoms in total. The van der Waals surface area contributed by atoms with Crippen molar-refractivity contribution >= 4 is 101 Å². The molecule has 103 heavy (non-hydrogen) atoms. The second-order valence-corrected chi connectivity index (χ2v) is 34.0. The molecule has 2 aliphatic rings. The molecule has 0 amide bonds. The van der Waals surface area contributed by atoms with Crippen LogP contribution >= 0.6 is 0 Å². The van der Waals surface area contributed by atoms with Crippen LogP contribution < -0.4 is 26.2 Å². The summed E-state index contributed by atoms with van der Waals surface area (Å²) in [7, 11) is 0. The van der Waals surface area contributed by atoms with E-state index in [0.717, 1.165) is 90.0 Å². The highest BCUT2D eigenvalue weighted by atomic mass is 15.2. The average molecular weight is 1340 g/mol. The van der Waals surface area contributed by atoms with Crippen LogP contribution in [0.1, 0.15) is 132 Å². The van der Waals surface area contributed by atoms with Crippen molar-refractivity contribution in [2.45, 2.75) is 131 Å². The van der Waals surface area contributed by atoms with Crippen molar-refractivity contribution in [2.24, 2.45) is 0 Å². The lowest BCUT2D eigenvalue weighted by Crippen LogP contribution is -2.61. The van der Waals surface area contributed by atoms with E-state index < -0.39 is 0 Å². The molecule has 0 fully saturated rings. The Kier molecular flexibility index (Phi) is 15.1. The maximum Gasteiger partial charge on any atom is 0.252 e. The first kappa shape index (κ1) is 65.3. The fourth-order valence-corrected chi connectivity index (χ4v) is 16.3. The van der Waals surface area contributed by atoms with E-state index in [1.165, 1.54) is 87.8 Å². The van der Waals surface area contributed by atoms with Gasteiger partial charge in [0, 0.05) is 103 Å². The molecule has 11 aromatic carbocycles. The second kappa shape index (κ2) is 23.8. The Morgan fingerprint density at radius 2 is 0.534 bits per heavy atom. The maximum absolute atomic E-state index is 5.22. The molecular formula is C96H89BN6. The van der Waals surface area contributed by atoms with Gasteiger partial charge in [-0.05, 0) is 154 Å². The zero-order chi connectivity index (χ0) is 71.4. The molecule has 0 N–H and O–H groups in total. The Morgan fingerprint density at radius 3 is 0.796 bits per heavy atom. The molecule has 7 heteroatoms. The summed E-state index contributed by atoms with van der Waals surface area (Å²) in [6, 6.07) is 92.5. The Labute approximate surface area is 608 Å². The summed E-state index contributed by atoms with van der Waals surface area (Å²) in [5.74, 6) is 0. The Bertz CT molecular complexity index is 5280. The van der Waals surface area contributed by atoms with Gasteiger partial charge in [-0.15, -0.1) is 0 Å². The van der Waals surface area contributed by atoms with E-state index >= 15 is 0 Å². The van der Waals surface area contributed by atoms with E-state index in [1.807, 2.05) is 0 Å². The van der Waals surface area contributed by atoms with Crippen LogP contribution in [0.2, 0.25) is 0 Å². The van der Waals surface area contributed by atoms with E-state index in [0.29, 0.717) is 0 Å². The van der Waals surface area contributed by atoms with Crippen LogP contribution in [0.5, 0.6) is 0 Å². The smallest absolute Gasteiger partial charge is 0.252 e. The Balaban J connectivity index is 1.06. The van der Waals surface area contributed by atoms with Gasteiger partial charge in [0.25, 0.3) is 6.71 Å². The summed E-state index contributed by atoms with van der Waals surface area (Å²) in [4.78, 5) is 15.8. The molecule has 4 aromatic heterocycles. The van der Waals surface area contributed by atoms with Gasteiger partial charge in [-0.2, -0.15) is 0 Å². The third kappa shape index (κ3) is 10.9. The highest BCUT2D eigenvalue weighted by Gasteiger charge is 2.46. The number of rotatable bonds is 8. The lowest BCUT2D eigenvalue weighted by Gasteiger charge is -2.46. The minimum atomic E-state index is -0.342. The van der Waals surface area contributed by atoms with Crippen molar-refractivity contribution in [3.05, 3.63) is 295 Å². The molecule has 506 valence electrons. The molecule has 0 saturated carbocycles. The van der Waals surface area contributed by atoms with E-state index in [1.54, 1.807) is 0 Å². The molecule has 2 aliphatic heterocycles. The largest absolute Gasteiger partial charge is 0.310 e. The Hall–Kier alpha value is -11.0. The van der Waals surface area contributed by atoms with Crippen LogP contribution in [0.25, 0.3) is 99.5 Å². The summed E-state index contributed by atoms with van der Waals surface area (Å²) in [6.07, 6.45) is 8.40. The van der Waals surface area contributed by atoms with Crippen LogP contribution in [-0.4, -0.2) is 25.8 Å². The predicted molar refractivity (Wildman–Crippen MR) is 440 cm³/mol. The fourth-order valence-electron chi connectivity index (χ4n) is 16.3. The van der Waals surface area contributed by atoms with Crippen molar-refractivity contribution in [3.63, 3.8) is 0 Å². The fraction of sp³-hybridized carbons (Fsp3) is 0.208. The third-order valence-corrected chi connectivity index (χ3v) is 22.0. The number of nitrogens with zero attached hydrogens (tertiary/aromatic N) is 6. The summed E-state index contributed by atoms with van der Waals surface area (Å²) >= 11 is 0. The first-order chi connectivity index (χ1) is 49.3. The number of anilines is 6. The average Bonchev–Trinajstić information content (AvgIpc) is 1.10. The number of benzene rings is 11. The monoisotopic (exact) mass is 1340 g/mol. The molecular weight excluding hydrogens is 1250 g/mol. The van der Waals surface area contributed by atoms with Crippen molar-refractivity contribution in [3.8, 4) is 55.9 Å². The first-order valence-electron chi connectivity index (χ1n) is 36.7. The Morgan fingerprint density at radius 1 is 0.262 bits per heavy atom. The van der Waals surface area contributed by atoms with Crippen LogP contribution in [0, 0.1) is 0 Å². The summed E-state index contributed by atoms with van der Waals surface area (Å²) in [5, 5.41) is 4.95. The van der Waals surface area contributed by atoms with Gasteiger partial charge >= 0.3 is 0 Å². The zero-order valence-corrected chi connectivity index (χ0v) is 62.2. The van der Waals surface area contributed by atoms with Crippen LogP contribution in [0.15, 0.2) is 267 Å². The molecule has 0 spiro atoms. The predicted octanol–water partition coefficient (Wildman–Crippen LogP) is 23.9. The highest BCUT2D eigenvalue weighted by Crippen LogP contribution is 2.54. The molecule has 0 unspecified atom stereocenters. The van der Waals surface area contributed by atoms with Crippen LogP contribution in [0.4, 0.5) is 34.1 Å². The van der Waals surface area contributed by atoms with E-state index in [4.69, 9.17) is 9.97 Å². The molecule has 0 saturated heterocycles. The van der Waals surface area contributed by atoms with Crippen LogP contribution in [0.3, 0.4) is 0 Å². The van der Waals surface area contributed by atoms with Gasteiger partial charge in [-0.1, -0.05) is 286 Å². The van der Waals surface area contributed by atoms with Crippen molar-refractivity contribution in [2.75, 3.05) is 9.80 Å². The van der Waals surface area contributed by atoms with Gasteiger partial charge < -0.3 is 18.9 Å². The van der Waals surface area contributed by atoms with Gasteiger partial charge in [0.2, 0.25) is 0 Å². The van der Waals surface area contributed by atoms with Gasteiger partial charge in [-0.25, -0.2) is 0 Å². The third-order valence-electron chi connectivity index (χ3n) is 22.0. The summed E-state index contributed by atoms with van der Waals surface area (Å²) in [6.45, 7) is 34.8. The molecule has 0 radical (unpaired) electrons. The maximum atomic E-state index is 5.22. The highest BCUT2D eigenvalue weighted by molar-refractivity contribution is 7.00. The topological polar surface area (TPSA) is 42.1 Å². The van der Waals surface area contributed by atoms with Gasteiger partial charge in [-0.3, -0.25) is 9.97 Å². The van der Waals surface area contributed by atoms with E-state index in [-0.39, 0.29) is 33.8 Å². The van der Waals surface area contributed by atoms with E-state index in [9.17, 15) is 0 Å². The van der Waals surface area contributed by atoms with Crippen molar-refractivity contribution in [1.29, 1.82) is 0 Å². The van der Waals surface area contributed by atoms with Gasteiger partial charge in [0.05, 0.1) is 33.4 Å². The minimum absolute atomic E-state index is 0.0950. The lowest BCUT2D eigenvalue weighted by atomic mass is 9.33. The number of pyridine rings is 2. The standard InChI is InChI=1S/C96H89BN6/c1-92(2,3)64-36-42-71-72-43-37-65(93(4,5)6)49-82(72)100(81(71)48-64)69-40-46-79-85(54-69)102(90-75(60-28-20-16-21-29-60)56-98-57-76(90)61-30-22-17-23-31-61)87-52-68(96(13,14)15)53-88-89(87)97(79)80-47-41-70(101-83-50-66(94(7,8)9)38-44-73(83)74-45-39-67(51-84(74)101)95(10,11)12)55-86(80)103(88)91-77(62-32-24-18-25-33-62)58-99-59-78(91)63-34-26-19-27-35-63/h16-59H,1-15H3. The van der Waals surface area contributed by atoms with Gasteiger partial charge in [0.1, 0.15) is 0 Å². The second-order valence-electron chi connectivity index (χ2n) is 34.0. The lowest BCUT2D eigenvalue weighted by molar-refractivity contribution is 0.590. The van der Waals surface area contributed by atoms with Crippen molar-refractivity contribution in [1.82, 2.24) is 19.1 Å².